The Bertz CT molecular complexity index is 986. The number of halogens is 1. The number of hydrogen-bond acceptors (Lipinski definition) is 3. The largest absolute Gasteiger partial charge is 0.338 e. The minimum Gasteiger partial charge on any atom is -0.338 e. The summed E-state index contributed by atoms with van der Waals surface area (Å²) in [6.07, 6.45) is 0.803. The second kappa shape index (κ2) is 8.07. The predicted molar refractivity (Wildman–Crippen MR) is 120 cm³/mol. The van der Waals surface area contributed by atoms with Crippen molar-refractivity contribution in [3.8, 4) is 0 Å². The van der Waals surface area contributed by atoms with Crippen molar-refractivity contribution in [3.63, 3.8) is 0 Å². The molecule has 2 amide bonds. The fourth-order valence-electron chi connectivity index (χ4n) is 4.39. The summed E-state index contributed by atoms with van der Waals surface area (Å²) in [5, 5.41) is 0.706. The molecule has 6 heteroatoms. The number of benzene rings is 2. The van der Waals surface area contributed by atoms with E-state index < -0.39 is 0 Å². The van der Waals surface area contributed by atoms with Crippen LogP contribution in [-0.2, 0) is 6.54 Å². The van der Waals surface area contributed by atoms with Gasteiger partial charge in [0.15, 0.2) is 0 Å². The van der Waals surface area contributed by atoms with Crippen molar-refractivity contribution in [2.24, 2.45) is 0 Å². The molecule has 0 fully saturated rings. The highest BCUT2D eigenvalue weighted by molar-refractivity contribution is 6.30. The van der Waals surface area contributed by atoms with Gasteiger partial charge in [-0.2, -0.15) is 0 Å². The van der Waals surface area contributed by atoms with Gasteiger partial charge in [0.05, 0.1) is 5.70 Å². The van der Waals surface area contributed by atoms with Crippen LogP contribution in [0.15, 0.2) is 78.4 Å². The number of amides is 2. The lowest BCUT2D eigenvalue weighted by atomic mass is 10.1. The Hall–Kier alpha value is -2.92. The molecule has 2 aromatic rings. The topological polar surface area (TPSA) is 30.0 Å². The third-order valence-electron chi connectivity index (χ3n) is 5.74. The zero-order chi connectivity index (χ0) is 21.4. The number of nitrogens with zero attached hydrogens (tertiary/aromatic N) is 4. The second-order valence-electron chi connectivity index (χ2n) is 7.76. The van der Waals surface area contributed by atoms with E-state index >= 15 is 0 Å². The van der Waals surface area contributed by atoms with Crippen molar-refractivity contribution < 1.29 is 4.79 Å². The lowest BCUT2D eigenvalue weighted by molar-refractivity contribution is 0.142. The first-order valence-electron chi connectivity index (χ1n) is 10.2. The van der Waals surface area contributed by atoms with Crippen LogP contribution in [-0.4, -0.2) is 46.3 Å². The van der Waals surface area contributed by atoms with E-state index in [9.17, 15) is 4.79 Å². The van der Waals surface area contributed by atoms with Gasteiger partial charge < -0.3 is 9.80 Å². The highest BCUT2D eigenvalue weighted by atomic mass is 35.5. The van der Waals surface area contributed by atoms with E-state index in [1.54, 1.807) is 9.80 Å². The molecule has 2 aromatic carbocycles. The molecule has 0 aromatic heterocycles. The summed E-state index contributed by atoms with van der Waals surface area (Å²) in [6.45, 7) is 7.77. The van der Waals surface area contributed by atoms with Crippen molar-refractivity contribution >= 4 is 17.6 Å². The lowest BCUT2D eigenvalue weighted by Crippen LogP contribution is -2.47. The standard InChI is InChI=1S/C24H27ClN4O/c1-5-15-28-17(2)21-23(27(4)24(28)30)26(3)22(19-11-13-20(25)14-12-19)29(21)16-18-9-7-6-8-10-18/h6-14,22H,2,5,15-16H2,1,3-4H3. The third-order valence-corrected chi connectivity index (χ3v) is 5.99. The van der Waals surface area contributed by atoms with Crippen LogP contribution in [0.4, 0.5) is 4.79 Å². The summed E-state index contributed by atoms with van der Waals surface area (Å²) in [5.41, 5.74) is 4.07. The van der Waals surface area contributed by atoms with E-state index in [0.29, 0.717) is 18.1 Å². The Kier molecular flexibility index (Phi) is 5.48. The Morgan fingerprint density at radius 2 is 1.70 bits per heavy atom. The average molecular weight is 423 g/mol. The summed E-state index contributed by atoms with van der Waals surface area (Å²) in [5.74, 6) is 0.883. The fraction of sp³-hybridized carbons (Fsp3) is 0.292. The number of hydrogen-bond donors (Lipinski definition) is 0. The van der Waals surface area contributed by atoms with Gasteiger partial charge in [0.25, 0.3) is 0 Å². The molecule has 2 heterocycles. The van der Waals surface area contributed by atoms with Gasteiger partial charge in [-0.3, -0.25) is 9.80 Å². The molecule has 2 aliphatic heterocycles. The SMILES string of the molecule is C=C1C2=C(N(C)C(=O)N1CCC)N(C)C(c1ccc(Cl)cc1)N2Cc1ccccc1. The van der Waals surface area contributed by atoms with Gasteiger partial charge in [0, 0.05) is 32.2 Å². The van der Waals surface area contributed by atoms with Crippen LogP contribution in [0.5, 0.6) is 0 Å². The molecule has 1 atom stereocenters. The Balaban J connectivity index is 1.82. The third kappa shape index (κ3) is 3.33. The molecule has 0 saturated heterocycles. The summed E-state index contributed by atoms with van der Waals surface area (Å²) in [4.78, 5) is 21.1. The number of urea groups is 1. The molecule has 2 aliphatic rings. The quantitative estimate of drug-likeness (QED) is 0.659. The van der Waals surface area contributed by atoms with E-state index in [1.165, 1.54) is 5.56 Å². The van der Waals surface area contributed by atoms with Crippen molar-refractivity contribution in [3.05, 3.63) is 94.5 Å². The minimum atomic E-state index is -0.0685. The van der Waals surface area contributed by atoms with E-state index in [2.05, 4.69) is 47.6 Å². The van der Waals surface area contributed by atoms with Crippen molar-refractivity contribution in [2.75, 3.05) is 20.6 Å². The van der Waals surface area contributed by atoms with Crippen molar-refractivity contribution in [2.45, 2.75) is 26.1 Å². The molecule has 5 nitrogen and oxygen atoms in total. The van der Waals surface area contributed by atoms with Crippen LogP contribution in [0.3, 0.4) is 0 Å². The van der Waals surface area contributed by atoms with Crippen molar-refractivity contribution in [1.82, 2.24) is 19.6 Å². The zero-order valence-corrected chi connectivity index (χ0v) is 18.4. The van der Waals surface area contributed by atoms with Crippen LogP contribution < -0.4 is 0 Å². The smallest absolute Gasteiger partial charge is 0.329 e. The highest BCUT2D eigenvalue weighted by Crippen LogP contribution is 2.46. The van der Waals surface area contributed by atoms with Crippen molar-refractivity contribution in [1.29, 1.82) is 0 Å². The molecule has 1 unspecified atom stereocenters. The normalized spacial score (nSPS) is 19.1. The maximum Gasteiger partial charge on any atom is 0.329 e. The van der Waals surface area contributed by atoms with Gasteiger partial charge in [0.2, 0.25) is 0 Å². The monoisotopic (exact) mass is 422 g/mol. The Morgan fingerprint density at radius 3 is 2.33 bits per heavy atom. The molecule has 0 bridgehead atoms. The van der Waals surface area contributed by atoms with Gasteiger partial charge in [-0.05, 0) is 29.7 Å². The zero-order valence-electron chi connectivity index (χ0n) is 17.7. The van der Waals surface area contributed by atoms with E-state index in [4.69, 9.17) is 11.6 Å². The van der Waals surface area contributed by atoms with E-state index in [0.717, 1.165) is 29.2 Å². The molecule has 30 heavy (non-hydrogen) atoms. The molecule has 0 N–H and O–H groups in total. The molecule has 0 spiro atoms. The lowest BCUT2D eigenvalue weighted by Gasteiger charge is -2.37. The Morgan fingerprint density at radius 1 is 1.03 bits per heavy atom. The molecule has 4 rings (SSSR count). The van der Waals surface area contributed by atoms with Crippen LogP contribution in [0.1, 0.15) is 30.6 Å². The number of carbonyl (C=O) groups excluding carboxylic acids is 1. The fourth-order valence-corrected chi connectivity index (χ4v) is 4.51. The van der Waals surface area contributed by atoms with Crippen LogP contribution in [0.2, 0.25) is 5.02 Å². The Labute approximate surface area is 183 Å². The van der Waals surface area contributed by atoms with Crippen LogP contribution in [0.25, 0.3) is 0 Å². The van der Waals surface area contributed by atoms with E-state index in [1.807, 2.05) is 44.4 Å². The summed E-state index contributed by atoms with van der Waals surface area (Å²) in [6, 6.07) is 18.3. The van der Waals surface area contributed by atoms with Gasteiger partial charge in [-0.1, -0.05) is 67.6 Å². The average Bonchev–Trinajstić information content (AvgIpc) is 3.03. The first kappa shape index (κ1) is 20.4. The maximum atomic E-state index is 13.1. The van der Waals surface area contributed by atoms with Gasteiger partial charge in [0.1, 0.15) is 17.7 Å². The molecular formula is C24H27ClN4O. The molecule has 0 aliphatic carbocycles. The summed E-state index contributed by atoms with van der Waals surface area (Å²) < 4.78 is 0. The van der Waals surface area contributed by atoms with Crippen LogP contribution >= 0.6 is 11.6 Å². The number of carbonyl (C=O) groups is 1. The first-order chi connectivity index (χ1) is 14.4. The summed E-state index contributed by atoms with van der Waals surface area (Å²) >= 11 is 6.15. The minimum absolute atomic E-state index is 0.0381. The summed E-state index contributed by atoms with van der Waals surface area (Å²) in [7, 11) is 3.88. The van der Waals surface area contributed by atoms with Gasteiger partial charge in [-0.15, -0.1) is 0 Å². The van der Waals surface area contributed by atoms with Gasteiger partial charge >= 0.3 is 6.03 Å². The highest BCUT2D eigenvalue weighted by Gasteiger charge is 2.46. The molecule has 156 valence electrons. The predicted octanol–water partition coefficient (Wildman–Crippen LogP) is 5.25. The molecular weight excluding hydrogens is 396 g/mol. The molecule has 0 saturated carbocycles. The maximum absolute atomic E-state index is 13.1. The van der Waals surface area contributed by atoms with E-state index in [-0.39, 0.29) is 12.2 Å². The van der Waals surface area contributed by atoms with Crippen LogP contribution in [0, 0.1) is 0 Å². The first-order valence-corrected chi connectivity index (χ1v) is 10.6. The molecule has 0 radical (unpaired) electrons. The van der Waals surface area contributed by atoms with Gasteiger partial charge in [-0.25, -0.2) is 4.79 Å². The number of rotatable bonds is 5. The second-order valence-corrected chi connectivity index (χ2v) is 8.20.